The fourth-order valence-corrected chi connectivity index (χ4v) is 3.34. The first-order valence-corrected chi connectivity index (χ1v) is 7.53. The Morgan fingerprint density at radius 2 is 2.05 bits per heavy atom. The van der Waals surface area contributed by atoms with Crippen LogP contribution in [0.4, 0.5) is 13.2 Å². The second-order valence-corrected chi connectivity index (χ2v) is 5.96. The number of fused-ring (bicyclic) bond motifs is 1. The maximum atomic E-state index is 12.7. The highest BCUT2D eigenvalue weighted by molar-refractivity contribution is 7.71. The van der Waals surface area contributed by atoms with Gasteiger partial charge >= 0.3 is 6.18 Å². The number of thiophene rings is 1. The summed E-state index contributed by atoms with van der Waals surface area (Å²) >= 11 is 6.83. The van der Waals surface area contributed by atoms with Crippen LogP contribution in [0.25, 0.3) is 11.0 Å². The fourth-order valence-electron chi connectivity index (χ4n) is 2.22. The SMILES string of the molecule is Cc1cscc1Cn1c(=S)[nH]c2cc(C(F)(F)F)ccc21. The third kappa shape index (κ3) is 2.63. The Labute approximate surface area is 127 Å². The molecule has 0 amide bonds. The minimum atomic E-state index is -4.35. The number of H-pyrrole nitrogens is 1. The number of aromatic amines is 1. The van der Waals surface area contributed by atoms with Gasteiger partial charge in [-0.2, -0.15) is 24.5 Å². The molecule has 0 saturated heterocycles. The predicted octanol–water partition coefficient (Wildman–Crippen LogP) is 5.14. The molecule has 7 heteroatoms. The molecule has 0 radical (unpaired) electrons. The first kappa shape index (κ1) is 14.3. The Hall–Kier alpha value is -1.60. The molecule has 3 aromatic rings. The lowest BCUT2D eigenvalue weighted by atomic mass is 10.2. The van der Waals surface area contributed by atoms with Crippen molar-refractivity contribution in [2.24, 2.45) is 0 Å². The van der Waals surface area contributed by atoms with Crippen LogP contribution in [0.15, 0.2) is 29.0 Å². The largest absolute Gasteiger partial charge is 0.416 e. The van der Waals surface area contributed by atoms with Crippen LogP contribution < -0.4 is 0 Å². The highest BCUT2D eigenvalue weighted by Crippen LogP contribution is 2.31. The van der Waals surface area contributed by atoms with Crippen molar-refractivity contribution in [1.82, 2.24) is 9.55 Å². The third-order valence-corrected chi connectivity index (χ3v) is 4.62. The van der Waals surface area contributed by atoms with Gasteiger partial charge in [-0.05, 0) is 59.2 Å². The molecule has 2 heterocycles. The molecule has 21 heavy (non-hydrogen) atoms. The summed E-state index contributed by atoms with van der Waals surface area (Å²) in [6.07, 6.45) is -4.35. The number of hydrogen-bond donors (Lipinski definition) is 1. The minimum Gasteiger partial charge on any atom is -0.331 e. The second-order valence-electron chi connectivity index (χ2n) is 4.83. The zero-order valence-corrected chi connectivity index (χ0v) is 12.6. The molecule has 0 unspecified atom stereocenters. The second kappa shape index (κ2) is 4.99. The zero-order valence-electron chi connectivity index (χ0n) is 11.0. The molecule has 0 aliphatic heterocycles. The molecule has 110 valence electrons. The number of halogens is 3. The van der Waals surface area contributed by atoms with E-state index in [1.54, 1.807) is 11.3 Å². The molecule has 0 saturated carbocycles. The van der Waals surface area contributed by atoms with E-state index in [-0.39, 0.29) is 0 Å². The van der Waals surface area contributed by atoms with Crippen LogP contribution in [-0.2, 0) is 12.7 Å². The first-order valence-electron chi connectivity index (χ1n) is 6.17. The summed E-state index contributed by atoms with van der Waals surface area (Å²) in [6.45, 7) is 2.56. The average molecular weight is 328 g/mol. The minimum absolute atomic E-state index is 0.405. The van der Waals surface area contributed by atoms with E-state index in [9.17, 15) is 13.2 Å². The smallest absolute Gasteiger partial charge is 0.331 e. The number of hydrogen-bond acceptors (Lipinski definition) is 2. The first-order chi connectivity index (χ1) is 9.86. The summed E-state index contributed by atoms with van der Waals surface area (Å²) in [7, 11) is 0. The quantitative estimate of drug-likeness (QED) is 0.646. The van der Waals surface area contributed by atoms with Crippen LogP contribution in [-0.4, -0.2) is 9.55 Å². The number of imidazole rings is 1. The molecule has 0 spiro atoms. The summed E-state index contributed by atoms with van der Waals surface area (Å²) in [5.74, 6) is 0. The molecule has 1 N–H and O–H groups in total. The Morgan fingerprint density at radius 3 is 2.67 bits per heavy atom. The van der Waals surface area contributed by atoms with E-state index in [1.165, 1.54) is 6.07 Å². The van der Waals surface area contributed by atoms with E-state index in [4.69, 9.17) is 12.2 Å². The third-order valence-electron chi connectivity index (χ3n) is 3.39. The zero-order chi connectivity index (χ0) is 15.2. The number of alkyl halides is 3. The van der Waals surface area contributed by atoms with E-state index in [0.717, 1.165) is 23.3 Å². The normalized spacial score (nSPS) is 12.2. The lowest BCUT2D eigenvalue weighted by Gasteiger charge is -2.07. The molecule has 0 bridgehead atoms. The lowest BCUT2D eigenvalue weighted by molar-refractivity contribution is -0.137. The molecule has 1 aromatic carbocycles. The number of nitrogens with zero attached hydrogens (tertiary/aromatic N) is 1. The van der Waals surface area contributed by atoms with Gasteiger partial charge < -0.3 is 9.55 Å². The van der Waals surface area contributed by atoms with Crippen molar-refractivity contribution in [3.05, 3.63) is 50.4 Å². The van der Waals surface area contributed by atoms with Gasteiger partial charge in [0.2, 0.25) is 0 Å². The van der Waals surface area contributed by atoms with Crippen LogP contribution in [0.3, 0.4) is 0 Å². The molecule has 0 atom stereocenters. The van der Waals surface area contributed by atoms with E-state index >= 15 is 0 Å². The number of benzene rings is 1. The van der Waals surface area contributed by atoms with Crippen molar-refractivity contribution >= 4 is 34.6 Å². The van der Waals surface area contributed by atoms with Gasteiger partial charge in [-0.15, -0.1) is 0 Å². The Bertz CT molecular complexity index is 855. The molecule has 0 aliphatic rings. The molecule has 2 aromatic heterocycles. The predicted molar refractivity (Wildman–Crippen MR) is 80.3 cm³/mol. The summed E-state index contributed by atoms with van der Waals surface area (Å²) in [5.41, 5.74) is 2.69. The van der Waals surface area contributed by atoms with E-state index in [1.807, 2.05) is 22.3 Å². The van der Waals surface area contributed by atoms with E-state index in [0.29, 0.717) is 22.3 Å². The molecule has 0 aliphatic carbocycles. The number of nitrogens with one attached hydrogen (secondary N) is 1. The monoisotopic (exact) mass is 328 g/mol. The molecular weight excluding hydrogens is 317 g/mol. The van der Waals surface area contributed by atoms with Crippen LogP contribution >= 0.6 is 23.6 Å². The number of rotatable bonds is 2. The Morgan fingerprint density at radius 1 is 1.29 bits per heavy atom. The van der Waals surface area contributed by atoms with E-state index < -0.39 is 11.7 Å². The highest BCUT2D eigenvalue weighted by Gasteiger charge is 2.30. The van der Waals surface area contributed by atoms with Gasteiger partial charge in [0.25, 0.3) is 0 Å². The van der Waals surface area contributed by atoms with E-state index in [2.05, 4.69) is 4.98 Å². The summed E-state index contributed by atoms with van der Waals surface area (Å²) in [4.78, 5) is 2.85. The van der Waals surface area contributed by atoms with Gasteiger partial charge in [0, 0.05) is 0 Å². The maximum absolute atomic E-state index is 12.7. The van der Waals surface area contributed by atoms with Crippen LogP contribution in [0.5, 0.6) is 0 Å². The van der Waals surface area contributed by atoms with Gasteiger partial charge in [-0.1, -0.05) is 0 Å². The van der Waals surface area contributed by atoms with Gasteiger partial charge in [0.15, 0.2) is 4.77 Å². The van der Waals surface area contributed by atoms with Crippen molar-refractivity contribution in [3.8, 4) is 0 Å². The van der Waals surface area contributed by atoms with Crippen molar-refractivity contribution < 1.29 is 13.2 Å². The Balaban J connectivity index is 2.10. The summed E-state index contributed by atoms with van der Waals surface area (Å²) in [5, 5.41) is 4.07. The van der Waals surface area contributed by atoms with Crippen LogP contribution in [0.2, 0.25) is 0 Å². The molecule has 0 fully saturated rings. The average Bonchev–Trinajstić information content (AvgIpc) is 2.93. The van der Waals surface area contributed by atoms with Gasteiger partial charge in [0.05, 0.1) is 23.1 Å². The van der Waals surface area contributed by atoms with Gasteiger partial charge in [-0.25, -0.2) is 0 Å². The summed E-state index contributed by atoms with van der Waals surface area (Å²) in [6, 6.07) is 3.65. The molecule has 2 nitrogen and oxygen atoms in total. The number of aryl methyl sites for hydroxylation is 1. The summed E-state index contributed by atoms with van der Waals surface area (Å²) < 4.78 is 40.5. The number of aromatic nitrogens is 2. The van der Waals surface area contributed by atoms with Crippen molar-refractivity contribution in [1.29, 1.82) is 0 Å². The van der Waals surface area contributed by atoms with Gasteiger partial charge in [-0.3, -0.25) is 0 Å². The van der Waals surface area contributed by atoms with Crippen LogP contribution in [0.1, 0.15) is 16.7 Å². The van der Waals surface area contributed by atoms with Crippen molar-refractivity contribution in [2.75, 3.05) is 0 Å². The standard InChI is InChI=1S/C14H11F3N2S2/c1-8-6-21-7-9(8)5-19-12-3-2-10(14(15,16)17)4-11(12)18-13(19)20/h2-4,6-7H,5H2,1H3,(H,18,20). The Kier molecular flexibility index (Phi) is 3.41. The highest BCUT2D eigenvalue weighted by atomic mass is 32.1. The van der Waals surface area contributed by atoms with Gasteiger partial charge in [0.1, 0.15) is 0 Å². The fraction of sp³-hybridized carbons (Fsp3) is 0.214. The molecular formula is C14H11F3N2S2. The van der Waals surface area contributed by atoms with Crippen LogP contribution in [0, 0.1) is 11.7 Å². The molecule has 3 rings (SSSR count). The van der Waals surface area contributed by atoms with Crippen molar-refractivity contribution in [2.45, 2.75) is 19.6 Å². The van der Waals surface area contributed by atoms with Crippen molar-refractivity contribution in [3.63, 3.8) is 0 Å². The maximum Gasteiger partial charge on any atom is 0.416 e. The topological polar surface area (TPSA) is 20.7 Å². The lowest BCUT2D eigenvalue weighted by Crippen LogP contribution is -2.04.